The molecule has 0 spiro atoms. The number of sulfonamides is 1. The van der Waals surface area contributed by atoms with E-state index in [-0.39, 0.29) is 15.6 Å². The SMILES string of the molecule is O=C(O)c1cc(Cl)ncc1-c1ccc(S(=O)(=O)N2CCCCC2)cc1. The Kier molecular flexibility index (Phi) is 5.08. The van der Waals surface area contributed by atoms with Crippen LogP contribution in [-0.4, -0.2) is 41.9 Å². The Morgan fingerprint density at radius 3 is 2.36 bits per heavy atom. The second-order valence-corrected chi connectivity index (χ2v) is 8.17. The highest BCUT2D eigenvalue weighted by Crippen LogP contribution is 2.27. The van der Waals surface area contributed by atoms with Gasteiger partial charge < -0.3 is 5.11 Å². The molecule has 0 saturated carbocycles. The van der Waals surface area contributed by atoms with Gasteiger partial charge in [0.05, 0.1) is 10.5 Å². The van der Waals surface area contributed by atoms with Gasteiger partial charge in [0.2, 0.25) is 10.0 Å². The van der Waals surface area contributed by atoms with E-state index in [0.717, 1.165) is 19.3 Å². The van der Waals surface area contributed by atoms with Gasteiger partial charge in [-0.15, -0.1) is 0 Å². The van der Waals surface area contributed by atoms with Crippen molar-refractivity contribution >= 4 is 27.6 Å². The highest BCUT2D eigenvalue weighted by molar-refractivity contribution is 7.89. The number of rotatable bonds is 4. The van der Waals surface area contributed by atoms with Crippen molar-refractivity contribution in [1.29, 1.82) is 0 Å². The summed E-state index contributed by atoms with van der Waals surface area (Å²) in [6.45, 7) is 1.07. The van der Waals surface area contributed by atoms with E-state index in [2.05, 4.69) is 4.98 Å². The Hall–Kier alpha value is -1.96. The van der Waals surface area contributed by atoms with Crippen molar-refractivity contribution in [2.75, 3.05) is 13.1 Å². The van der Waals surface area contributed by atoms with Crippen LogP contribution >= 0.6 is 11.6 Å². The molecule has 8 heteroatoms. The summed E-state index contributed by atoms with van der Waals surface area (Å²) in [5.41, 5.74) is 0.976. The van der Waals surface area contributed by atoms with Gasteiger partial charge >= 0.3 is 5.97 Å². The second kappa shape index (κ2) is 7.11. The molecular formula is C17H17ClN2O4S. The van der Waals surface area contributed by atoms with Gasteiger partial charge in [0.15, 0.2) is 0 Å². The zero-order chi connectivity index (χ0) is 18.0. The van der Waals surface area contributed by atoms with Crippen molar-refractivity contribution in [3.8, 4) is 11.1 Å². The smallest absolute Gasteiger partial charge is 0.336 e. The Bertz CT molecular complexity index is 891. The molecule has 2 heterocycles. The number of hydrogen-bond donors (Lipinski definition) is 1. The lowest BCUT2D eigenvalue weighted by molar-refractivity contribution is 0.0697. The molecule has 1 fully saturated rings. The number of nitrogens with zero attached hydrogens (tertiary/aromatic N) is 2. The number of piperidine rings is 1. The number of carboxylic acid groups (broad SMARTS) is 1. The van der Waals surface area contributed by atoms with E-state index < -0.39 is 16.0 Å². The first-order valence-corrected chi connectivity index (χ1v) is 9.71. The molecule has 1 aliphatic heterocycles. The van der Waals surface area contributed by atoms with Crippen LogP contribution in [0.25, 0.3) is 11.1 Å². The lowest BCUT2D eigenvalue weighted by Gasteiger charge is -2.25. The highest BCUT2D eigenvalue weighted by Gasteiger charge is 2.26. The first kappa shape index (κ1) is 17.8. The Morgan fingerprint density at radius 1 is 1.12 bits per heavy atom. The topological polar surface area (TPSA) is 87.6 Å². The zero-order valence-electron chi connectivity index (χ0n) is 13.4. The molecule has 1 saturated heterocycles. The normalized spacial score (nSPS) is 15.9. The van der Waals surface area contributed by atoms with Crippen molar-refractivity contribution in [2.45, 2.75) is 24.2 Å². The third-order valence-corrected chi connectivity index (χ3v) is 6.34. The minimum atomic E-state index is -3.51. The molecular weight excluding hydrogens is 364 g/mol. The molecule has 3 rings (SSSR count). The van der Waals surface area contributed by atoms with Gasteiger partial charge in [-0.05, 0) is 36.6 Å². The van der Waals surface area contributed by atoms with Gasteiger partial charge in [-0.2, -0.15) is 4.31 Å². The summed E-state index contributed by atoms with van der Waals surface area (Å²) in [5, 5.41) is 9.40. The van der Waals surface area contributed by atoms with Crippen LogP contribution < -0.4 is 0 Å². The van der Waals surface area contributed by atoms with Crippen LogP contribution in [0, 0.1) is 0 Å². The first-order chi connectivity index (χ1) is 11.9. The number of pyridine rings is 1. The van der Waals surface area contributed by atoms with Crippen LogP contribution in [0.5, 0.6) is 0 Å². The van der Waals surface area contributed by atoms with E-state index in [4.69, 9.17) is 11.6 Å². The number of hydrogen-bond acceptors (Lipinski definition) is 4. The van der Waals surface area contributed by atoms with Gasteiger partial charge in [-0.3, -0.25) is 0 Å². The number of aromatic carboxylic acids is 1. The Labute approximate surface area is 151 Å². The molecule has 2 aromatic rings. The summed E-state index contributed by atoms with van der Waals surface area (Å²) in [7, 11) is -3.51. The van der Waals surface area contributed by atoms with Crippen LogP contribution in [0.4, 0.5) is 0 Å². The molecule has 0 aliphatic carbocycles. The lowest BCUT2D eigenvalue weighted by atomic mass is 10.0. The van der Waals surface area contributed by atoms with Gasteiger partial charge in [0, 0.05) is 24.8 Å². The van der Waals surface area contributed by atoms with E-state index in [9.17, 15) is 18.3 Å². The molecule has 25 heavy (non-hydrogen) atoms. The fourth-order valence-corrected chi connectivity index (χ4v) is 4.57. The fraction of sp³-hybridized carbons (Fsp3) is 0.294. The molecule has 1 aliphatic rings. The zero-order valence-corrected chi connectivity index (χ0v) is 14.9. The largest absolute Gasteiger partial charge is 0.478 e. The molecule has 132 valence electrons. The summed E-state index contributed by atoms with van der Waals surface area (Å²) in [5.74, 6) is -1.12. The van der Waals surface area contributed by atoms with Gasteiger partial charge in [-0.25, -0.2) is 18.2 Å². The lowest BCUT2D eigenvalue weighted by Crippen LogP contribution is -2.35. The number of halogens is 1. The Morgan fingerprint density at radius 2 is 1.76 bits per heavy atom. The third kappa shape index (κ3) is 3.68. The standard InChI is InChI=1S/C17H17ClN2O4S/c18-16-10-14(17(21)22)15(11-19-16)12-4-6-13(7-5-12)25(23,24)20-8-2-1-3-9-20/h4-7,10-11H,1-3,8-9H2,(H,21,22). The van der Waals surface area contributed by atoms with Crippen molar-refractivity contribution < 1.29 is 18.3 Å². The molecule has 1 N–H and O–H groups in total. The molecule has 6 nitrogen and oxygen atoms in total. The van der Waals surface area contributed by atoms with Gasteiger partial charge in [0.25, 0.3) is 0 Å². The van der Waals surface area contributed by atoms with E-state index in [0.29, 0.717) is 24.2 Å². The molecule has 0 amide bonds. The first-order valence-electron chi connectivity index (χ1n) is 7.89. The summed E-state index contributed by atoms with van der Waals surface area (Å²) in [6.07, 6.45) is 4.16. The number of carbonyl (C=O) groups is 1. The van der Waals surface area contributed by atoms with Crippen LogP contribution in [0.15, 0.2) is 41.4 Å². The molecule has 0 atom stereocenters. The predicted molar refractivity (Wildman–Crippen MR) is 94.3 cm³/mol. The predicted octanol–water partition coefficient (Wildman–Crippen LogP) is 3.27. The van der Waals surface area contributed by atoms with Crippen molar-refractivity contribution in [1.82, 2.24) is 9.29 Å². The quantitative estimate of drug-likeness (QED) is 0.822. The number of benzene rings is 1. The maximum atomic E-state index is 12.7. The summed E-state index contributed by atoms with van der Waals surface area (Å²) in [6, 6.07) is 7.46. The molecule has 0 unspecified atom stereocenters. The number of carboxylic acids is 1. The van der Waals surface area contributed by atoms with Crippen molar-refractivity contribution in [3.63, 3.8) is 0 Å². The summed E-state index contributed by atoms with van der Waals surface area (Å²) < 4.78 is 26.8. The summed E-state index contributed by atoms with van der Waals surface area (Å²) >= 11 is 5.76. The highest BCUT2D eigenvalue weighted by atomic mass is 35.5. The van der Waals surface area contributed by atoms with Crippen molar-refractivity contribution in [2.24, 2.45) is 0 Å². The average molecular weight is 381 g/mol. The molecule has 0 radical (unpaired) electrons. The van der Waals surface area contributed by atoms with Crippen LogP contribution in [0.2, 0.25) is 5.15 Å². The summed E-state index contributed by atoms with van der Waals surface area (Å²) in [4.78, 5) is 15.5. The molecule has 1 aromatic heterocycles. The number of aromatic nitrogens is 1. The molecule has 0 bridgehead atoms. The van der Waals surface area contributed by atoms with E-state index in [1.807, 2.05) is 0 Å². The average Bonchev–Trinajstić information content (AvgIpc) is 2.62. The maximum Gasteiger partial charge on any atom is 0.336 e. The fourth-order valence-electron chi connectivity index (χ4n) is 2.90. The third-order valence-electron chi connectivity index (χ3n) is 4.22. The van der Waals surface area contributed by atoms with Crippen LogP contribution in [0.3, 0.4) is 0 Å². The van der Waals surface area contributed by atoms with Gasteiger partial charge in [-0.1, -0.05) is 30.2 Å². The van der Waals surface area contributed by atoms with E-state index in [1.54, 1.807) is 12.1 Å². The minimum absolute atomic E-state index is 0.0200. The van der Waals surface area contributed by atoms with E-state index >= 15 is 0 Å². The molecule has 1 aromatic carbocycles. The second-order valence-electron chi connectivity index (χ2n) is 5.85. The monoisotopic (exact) mass is 380 g/mol. The maximum absolute atomic E-state index is 12.7. The van der Waals surface area contributed by atoms with Crippen LogP contribution in [0.1, 0.15) is 29.6 Å². The Balaban J connectivity index is 1.94. The minimum Gasteiger partial charge on any atom is -0.478 e. The van der Waals surface area contributed by atoms with Crippen LogP contribution in [-0.2, 0) is 10.0 Å². The van der Waals surface area contributed by atoms with Gasteiger partial charge in [0.1, 0.15) is 5.15 Å². The van der Waals surface area contributed by atoms with Crippen molar-refractivity contribution in [3.05, 3.63) is 47.2 Å². The van der Waals surface area contributed by atoms with E-state index in [1.165, 1.54) is 28.7 Å².